The molecule has 0 saturated carbocycles. The third-order valence-corrected chi connectivity index (χ3v) is 10.8. The molecule has 2 aliphatic heterocycles. The number of nitrogens with one attached hydrogen (secondary N) is 2. The molecular weight excluding hydrogens is 659 g/mol. The number of amidine groups is 1. The van der Waals surface area contributed by atoms with E-state index >= 15 is 0 Å². The van der Waals surface area contributed by atoms with Crippen LogP contribution in [-0.4, -0.2) is 54.0 Å². The fraction of sp³-hybridized carbons (Fsp3) is 0.257. The van der Waals surface area contributed by atoms with Crippen molar-refractivity contribution >= 4 is 50.7 Å². The van der Waals surface area contributed by atoms with E-state index in [1.807, 2.05) is 36.4 Å². The Kier molecular flexibility index (Phi) is 9.63. The predicted molar refractivity (Wildman–Crippen MR) is 186 cm³/mol. The van der Waals surface area contributed by atoms with Crippen LogP contribution in [0.4, 0.5) is 5.69 Å². The summed E-state index contributed by atoms with van der Waals surface area (Å²) in [6.45, 7) is 1.99. The van der Waals surface area contributed by atoms with Gasteiger partial charge < -0.3 is 20.1 Å². The Labute approximate surface area is 284 Å². The number of hydrogen-bond acceptors (Lipinski definition) is 7. The minimum absolute atomic E-state index is 0.136. The number of nitrogens with zero attached hydrogens (tertiary/aromatic N) is 2. The van der Waals surface area contributed by atoms with Gasteiger partial charge in [-0.2, -0.15) is 0 Å². The maximum atomic E-state index is 14.4. The van der Waals surface area contributed by atoms with E-state index in [-0.39, 0.29) is 23.1 Å². The van der Waals surface area contributed by atoms with Gasteiger partial charge in [0.1, 0.15) is 17.3 Å². The van der Waals surface area contributed by atoms with E-state index in [1.54, 1.807) is 49.6 Å². The number of halogens is 2. The van der Waals surface area contributed by atoms with Crippen LogP contribution in [0.2, 0.25) is 10.0 Å². The summed E-state index contributed by atoms with van der Waals surface area (Å²) < 4.78 is 41.5. The van der Waals surface area contributed by atoms with Crippen LogP contribution < -0.4 is 24.4 Å². The monoisotopic (exact) mass is 692 g/mol. The number of anilines is 1. The molecule has 0 aromatic heterocycles. The molecule has 0 radical (unpaired) electrons. The van der Waals surface area contributed by atoms with Crippen LogP contribution in [0.15, 0.2) is 83.9 Å². The molecule has 2 aliphatic rings. The van der Waals surface area contributed by atoms with Gasteiger partial charge in [0.25, 0.3) is 0 Å². The van der Waals surface area contributed by atoms with Gasteiger partial charge in [-0.1, -0.05) is 71.7 Å². The summed E-state index contributed by atoms with van der Waals surface area (Å²) in [7, 11) is -0.992. The first-order valence-corrected chi connectivity index (χ1v) is 17.5. The zero-order valence-corrected chi connectivity index (χ0v) is 28.3. The Bertz CT molecular complexity index is 1950. The number of methoxy groups -OCH3 is 2. The highest BCUT2D eigenvalue weighted by Crippen LogP contribution is 2.52. The topological polar surface area (TPSA) is 109 Å². The van der Waals surface area contributed by atoms with Crippen molar-refractivity contribution < 1.29 is 22.7 Å². The highest BCUT2D eigenvalue weighted by atomic mass is 35.5. The third kappa shape index (κ3) is 6.90. The molecule has 0 spiro atoms. The minimum atomic E-state index is -4.08. The van der Waals surface area contributed by atoms with E-state index in [4.69, 9.17) is 32.7 Å². The van der Waals surface area contributed by atoms with Gasteiger partial charge in [0, 0.05) is 35.8 Å². The minimum Gasteiger partial charge on any atom is -0.497 e. The highest BCUT2D eigenvalue weighted by Gasteiger charge is 2.41. The number of carbonyl (C=O) groups excluding carboxylic acids is 1. The van der Waals surface area contributed by atoms with Gasteiger partial charge in [-0.25, -0.2) is 8.42 Å². The summed E-state index contributed by atoms with van der Waals surface area (Å²) in [4.78, 5) is 18.1. The zero-order valence-electron chi connectivity index (χ0n) is 25.9. The van der Waals surface area contributed by atoms with Crippen LogP contribution in [0.5, 0.6) is 11.5 Å². The number of benzene rings is 4. The van der Waals surface area contributed by atoms with Gasteiger partial charge in [-0.3, -0.25) is 14.1 Å². The lowest BCUT2D eigenvalue weighted by atomic mass is 9.87. The number of para-hydroxylation sites is 1. The van der Waals surface area contributed by atoms with Crippen molar-refractivity contribution in [1.82, 2.24) is 10.6 Å². The lowest BCUT2D eigenvalue weighted by Crippen LogP contribution is -2.41. The number of aliphatic imine (C=N–C) groups is 1. The maximum absolute atomic E-state index is 14.4. The molecule has 47 heavy (non-hydrogen) atoms. The molecule has 0 fully saturated rings. The average Bonchev–Trinajstić information content (AvgIpc) is 3.61. The summed E-state index contributed by atoms with van der Waals surface area (Å²) in [5.74, 6) is 1.24. The first kappa shape index (κ1) is 32.7. The quantitative estimate of drug-likeness (QED) is 0.195. The van der Waals surface area contributed by atoms with Gasteiger partial charge in [0.15, 0.2) is 0 Å². The second-order valence-electron chi connectivity index (χ2n) is 11.3. The number of ether oxygens (including phenoxy) is 2. The summed E-state index contributed by atoms with van der Waals surface area (Å²) in [5, 5.41) is 6.86. The maximum Gasteiger partial charge on any atom is 0.239 e. The third-order valence-electron chi connectivity index (χ3n) is 8.26. The summed E-state index contributed by atoms with van der Waals surface area (Å²) in [5.41, 5.74) is 4.98. The standard InChI is InChI=1S/C35H34Cl2N4O5S/c1-45-25-18-27-31(20-33(42)38-14-13-22-7-10-24(11-8-22)35-39-15-16-40-35)41(47(43,44)21-23-9-12-28(36)29(37)17-23)30-6-4-3-5-26(30)34(27)32(19-25)46-2/h3-12,17-19,31H,13-16,20-21H2,1-2H3,(H,38,42)(H,39,40). The molecule has 0 bridgehead atoms. The number of rotatable bonds is 11. The molecule has 9 nitrogen and oxygen atoms in total. The first-order chi connectivity index (χ1) is 22.7. The molecule has 0 aliphatic carbocycles. The van der Waals surface area contributed by atoms with Crippen LogP contribution in [-0.2, 0) is 27.0 Å². The highest BCUT2D eigenvalue weighted by molar-refractivity contribution is 7.92. The van der Waals surface area contributed by atoms with Crippen molar-refractivity contribution in [3.05, 3.63) is 111 Å². The van der Waals surface area contributed by atoms with E-state index in [9.17, 15) is 13.2 Å². The molecule has 1 unspecified atom stereocenters. The van der Waals surface area contributed by atoms with E-state index < -0.39 is 16.1 Å². The largest absolute Gasteiger partial charge is 0.497 e. The van der Waals surface area contributed by atoms with Gasteiger partial charge in [-0.05, 0) is 47.4 Å². The Balaban J connectivity index is 1.31. The SMILES string of the molecule is COc1cc(OC)c2c(c1)C(CC(=O)NCCc1ccc(C3=NCCN3)cc1)N(S(=O)(=O)Cc1ccc(Cl)c(Cl)c1)c1ccccc1-2. The molecular formula is C35H34Cl2N4O5S. The molecule has 2 heterocycles. The molecule has 4 aromatic rings. The average molecular weight is 694 g/mol. The predicted octanol–water partition coefficient (Wildman–Crippen LogP) is 6.17. The molecule has 1 atom stereocenters. The number of amides is 1. The molecule has 244 valence electrons. The smallest absolute Gasteiger partial charge is 0.239 e. The molecule has 6 rings (SSSR count). The van der Waals surface area contributed by atoms with Gasteiger partial charge >= 0.3 is 0 Å². The fourth-order valence-electron chi connectivity index (χ4n) is 6.07. The van der Waals surface area contributed by atoms with E-state index in [0.717, 1.165) is 30.1 Å². The van der Waals surface area contributed by atoms with Crippen LogP contribution in [0.1, 0.15) is 34.7 Å². The van der Waals surface area contributed by atoms with Crippen molar-refractivity contribution in [1.29, 1.82) is 0 Å². The van der Waals surface area contributed by atoms with E-state index in [1.165, 1.54) is 11.4 Å². The van der Waals surface area contributed by atoms with Crippen molar-refractivity contribution in [2.75, 3.05) is 38.2 Å². The number of sulfonamides is 1. The fourth-order valence-corrected chi connectivity index (χ4v) is 8.17. The molecule has 4 aromatic carbocycles. The first-order valence-electron chi connectivity index (χ1n) is 15.1. The molecule has 0 saturated heterocycles. The Morgan fingerprint density at radius 3 is 2.45 bits per heavy atom. The molecule has 12 heteroatoms. The van der Waals surface area contributed by atoms with Crippen LogP contribution in [0.3, 0.4) is 0 Å². The second-order valence-corrected chi connectivity index (χ2v) is 13.9. The van der Waals surface area contributed by atoms with Crippen molar-refractivity contribution in [3.63, 3.8) is 0 Å². The Hall–Kier alpha value is -4.25. The second kappa shape index (κ2) is 13.9. The van der Waals surface area contributed by atoms with E-state index in [2.05, 4.69) is 15.6 Å². The van der Waals surface area contributed by atoms with Gasteiger partial charge in [-0.15, -0.1) is 0 Å². The van der Waals surface area contributed by atoms with Crippen LogP contribution >= 0.6 is 23.2 Å². The normalized spacial score (nSPS) is 15.3. The van der Waals surface area contributed by atoms with Crippen molar-refractivity contribution in [2.45, 2.75) is 24.6 Å². The number of hydrogen-bond donors (Lipinski definition) is 2. The Morgan fingerprint density at radius 1 is 0.979 bits per heavy atom. The number of carbonyl (C=O) groups is 1. The zero-order chi connectivity index (χ0) is 33.1. The van der Waals surface area contributed by atoms with E-state index in [0.29, 0.717) is 57.4 Å². The molecule has 2 N–H and O–H groups in total. The van der Waals surface area contributed by atoms with Crippen molar-refractivity contribution in [2.24, 2.45) is 4.99 Å². The van der Waals surface area contributed by atoms with Crippen LogP contribution in [0, 0.1) is 0 Å². The summed E-state index contributed by atoms with van der Waals surface area (Å²) in [6.07, 6.45) is 0.472. The van der Waals surface area contributed by atoms with Crippen LogP contribution in [0.25, 0.3) is 11.1 Å². The number of fused-ring (bicyclic) bond motifs is 3. The molecule has 1 amide bonds. The van der Waals surface area contributed by atoms with Gasteiger partial charge in [0.05, 0.1) is 54.7 Å². The lowest BCUT2D eigenvalue weighted by molar-refractivity contribution is -0.121. The summed E-state index contributed by atoms with van der Waals surface area (Å²) >= 11 is 12.4. The summed E-state index contributed by atoms with van der Waals surface area (Å²) in [6, 6.07) is 22.7. The lowest BCUT2D eigenvalue weighted by Gasteiger charge is -2.39. The van der Waals surface area contributed by atoms with Crippen molar-refractivity contribution in [3.8, 4) is 22.6 Å². The Morgan fingerprint density at radius 2 is 1.74 bits per heavy atom. The van der Waals surface area contributed by atoms with Gasteiger partial charge in [0.2, 0.25) is 15.9 Å².